The minimum absolute atomic E-state index is 0.0591. The van der Waals surface area contributed by atoms with Crippen LogP contribution in [0.1, 0.15) is 16.9 Å². The Morgan fingerprint density at radius 3 is 2.74 bits per heavy atom. The number of nitro benzene ring substituents is 1. The number of benzene rings is 1. The Morgan fingerprint density at radius 1 is 1.37 bits per heavy atom. The van der Waals surface area contributed by atoms with E-state index in [0.29, 0.717) is 22.6 Å². The number of rotatable bonds is 3. The van der Waals surface area contributed by atoms with Crippen LogP contribution in [0, 0.1) is 24.0 Å². The van der Waals surface area contributed by atoms with Gasteiger partial charge in [0.2, 0.25) is 0 Å². The van der Waals surface area contributed by atoms with Crippen LogP contribution in [0.3, 0.4) is 0 Å². The van der Waals surface area contributed by atoms with Crippen molar-refractivity contribution in [3.05, 3.63) is 51.3 Å². The first-order valence-corrected chi connectivity index (χ1v) is 5.56. The van der Waals surface area contributed by atoms with E-state index in [4.69, 9.17) is 9.62 Å². The Hall–Kier alpha value is -2.63. The lowest BCUT2D eigenvalue weighted by molar-refractivity contribution is -0.385. The molecule has 0 saturated heterocycles. The average molecular weight is 260 g/mol. The van der Waals surface area contributed by atoms with Crippen molar-refractivity contribution in [2.45, 2.75) is 13.8 Å². The second kappa shape index (κ2) is 4.93. The molecular weight excluding hydrogens is 248 g/mol. The van der Waals surface area contributed by atoms with Gasteiger partial charge in [-0.15, -0.1) is 0 Å². The highest BCUT2D eigenvalue weighted by atomic mass is 16.6. The molecule has 1 aromatic carbocycles. The van der Waals surface area contributed by atoms with Crippen LogP contribution in [0.25, 0.3) is 11.3 Å². The smallest absolute Gasteiger partial charge is 0.273 e. The molecule has 2 aromatic rings. The number of oxime groups is 1. The molecule has 0 spiro atoms. The molecule has 1 N–H and O–H groups in total. The van der Waals surface area contributed by atoms with Gasteiger partial charge in [0.05, 0.1) is 4.92 Å². The number of hydrogen-bond donors (Lipinski definition) is 1. The lowest BCUT2D eigenvalue weighted by atomic mass is 10.0. The van der Waals surface area contributed by atoms with E-state index in [0.717, 1.165) is 11.8 Å². The first-order chi connectivity index (χ1) is 9.02. The van der Waals surface area contributed by atoms with Crippen molar-refractivity contribution < 1.29 is 14.5 Å². The van der Waals surface area contributed by atoms with E-state index in [9.17, 15) is 10.1 Å². The summed E-state index contributed by atoms with van der Waals surface area (Å²) in [7, 11) is 0. The van der Waals surface area contributed by atoms with Crippen molar-refractivity contribution in [2.24, 2.45) is 5.16 Å². The molecule has 0 aliphatic heterocycles. The fourth-order valence-corrected chi connectivity index (χ4v) is 1.81. The number of aryl methyl sites for hydroxylation is 1. The fraction of sp³-hybridized carbons (Fsp3) is 0.154. The summed E-state index contributed by atoms with van der Waals surface area (Å²) in [6.07, 6.45) is 1.15. The molecule has 1 heterocycles. The summed E-state index contributed by atoms with van der Waals surface area (Å²) < 4.78 is 5.41. The van der Waals surface area contributed by atoms with Crippen molar-refractivity contribution in [3.63, 3.8) is 0 Å². The molecule has 19 heavy (non-hydrogen) atoms. The third-order valence-corrected chi connectivity index (χ3v) is 2.93. The standard InChI is InChI=1S/C13H12N2O4/c1-8-5-10(6-12(9(8)2)15(17)18)13-4-3-11(19-13)7-14-16/h3-7,16H,1-2H3. The molecule has 0 bridgehead atoms. The average Bonchev–Trinajstić information content (AvgIpc) is 2.81. The predicted molar refractivity (Wildman–Crippen MR) is 69.7 cm³/mol. The quantitative estimate of drug-likeness (QED) is 0.397. The van der Waals surface area contributed by atoms with E-state index in [1.807, 2.05) is 13.0 Å². The lowest BCUT2D eigenvalue weighted by Gasteiger charge is -2.04. The topological polar surface area (TPSA) is 88.9 Å². The predicted octanol–water partition coefficient (Wildman–Crippen LogP) is 3.28. The minimum atomic E-state index is -0.412. The van der Waals surface area contributed by atoms with E-state index in [1.165, 1.54) is 6.07 Å². The Balaban J connectivity index is 2.52. The molecule has 0 amide bonds. The minimum Gasteiger partial charge on any atom is -0.455 e. The maximum absolute atomic E-state index is 11.0. The van der Waals surface area contributed by atoms with Gasteiger partial charge in [0.25, 0.3) is 5.69 Å². The highest BCUT2D eigenvalue weighted by Gasteiger charge is 2.16. The third kappa shape index (κ3) is 2.47. The maximum atomic E-state index is 11.0. The number of nitro groups is 1. The summed E-state index contributed by atoms with van der Waals surface area (Å²) in [5, 5.41) is 22.3. The zero-order valence-corrected chi connectivity index (χ0v) is 10.5. The number of hydrogen-bond acceptors (Lipinski definition) is 5. The van der Waals surface area contributed by atoms with Crippen LogP contribution in [-0.4, -0.2) is 16.3 Å². The molecule has 0 atom stereocenters. The normalized spacial score (nSPS) is 11.1. The Labute approximate surface area is 109 Å². The second-order valence-electron chi connectivity index (χ2n) is 4.14. The van der Waals surface area contributed by atoms with Crippen LogP contribution in [0.15, 0.2) is 33.8 Å². The third-order valence-electron chi connectivity index (χ3n) is 2.93. The second-order valence-corrected chi connectivity index (χ2v) is 4.14. The summed E-state index contributed by atoms with van der Waals surface area (Å²) in [6, 6.07) is 6.59. The van der Waals surface area contributed by atoms with E-state index < -0.39 is 4.92 Å². The van der Waals surface area contributed by atoms with E-state index >= 15 is 0 Å². The van der Waals surface area contributed by atoms with Gasteiger partial charge in [0, 0.05) is 17.2 Å². The molecule has 2 rings (SSSR count). The molecule has 0 saturated carbocycles. The molecule has 0 aliphatic rings. The van der Waals surface area contributed by atoms with Crippen molar-refractivity contribution in [3.8, 4) is 11.3 Å². The molecule has 0 radical (unpaired) electrons. The molecule has 98 valence electrons. The Morgan fingerprint density at radius 2 is 2.11 bits per heavy atom. The monoisotopic (exact) mass is 260 g/mol. The first kappa shape index (κ1) is 12.8. The SMILES string of the molecule is Cc1cc(-c2ccc(C=NO)o2)cc([N+](=O)[O-])c1C. The highest BCUT2D eigenvalue weighted by molar-refractivity contribution is 5.77. The largest absolute Gasteiger partial charge is 0.455 e. The zero-order chi connectivity index (χ0) is 14.0. The van der Waals surface area contributed by atoms with Crippen molar-refractivity contribution >= 4 is 11.9 Å². The van der Waals surface area contributed by atoms with E-state index in [1.54, 1.807) is 19.1 Å². The van der Waals surface area contributed by atoms with Gasteiger partial charge in [0.15, 0.2) is 0 Å². The molecule has 0 fully saturated rings. The van der Waals surface area contributed by atoms with Gasteiger partial charge in [-0.3, -0.25) is 10.1 Å². The molecular formula is C13H12N2O4. The lowest BCUT2D eigenvalue weighted by Crippen LogP contribution is -1.94. The van der Waals surface area contributed by atoms with Crippen LogP contribution in [0.5, 0.6) is 0 Å². The van der Waals surface area contributed by atoms with Crippen molar-refractivity contribution in [1.29, 1.82) is 0 Å². The summed E-state index contributed by atoms with van der Waals surface area (Å²) in [4.78, 5) is 10.6. The van der Waals surface area contributed by atoms with Gasteiger partial charge >= 0.3 is 0 Å². The molecule has 1 aromatic heterocycles. The molecule has 6 nitrogen and oxygen atoms in total. The van der Waals surface area contributed by atoms with E-state index in [2.05, 4.69) is 5.16 Å². The fourth-order valence-electron chi connectivity index (χ4n) is 1.81. The van der Waals surface area contributed by atoms with Gasteiger partial charge in [-0.2, -0.15) is 0 Å². The van der Waals surface area contributed by atoms with Crippen molar-refractivity contribution in [1.82, 2.24) is 0 Å². The first-order valence-electron chi connectivity index (χ1n) is 5.56. The van der Waals surface area contributed by atoms with E-state index in [-0.39, 0.29) is 5.69 Å². The van der Waals surface area contributed by atoms with Gasteiger partial charge < -0.3 is 9.62 Å². The van der Waals surface area contributed by atoms with Gasteiger partial charge in [-0.1, -0.05) is 5.16 Å². The summed E-state index contributed by atoms with van der Waals surface area (Å²) in [6.45, 7) is 3.52. The van der Waals surface area contributed by atoms with Gasteiger partial charge in [0.1, 0.15) is 17.7 Å². The van der Waals surface area contributed by atoms with Crippen molar-refractivity contribution in [2.75, 3.05) is 0 Å². The Bertz CT molecular complexity index is 659. The van der Waals surface area contributed by atoms with Crippen LogP contribution in [0.2, 0.25) is 0 Å². The molecule has 6 heteroatoms. The number of furan rings is 1. The zero-order valence-electron chi connectivity index (χ0n) is 10.5. The number of nitrogens with zero attached hydrogens (tertiary/aromatic N) is 2. The summed E-state index contributed by atoms with van der Waals surface area (Å²) in [5.74, 6) is 0.861. The molecule has 0 unspecified atom stereocenters. The summed E-state index contributed by atoms with van der Waals surface area (Å²) >= 11 is 0. The highest BCUT2D eigenvalue weighted by Crippen LogP contribution is 2.30. The molecule has 0 aliphatic carbocycles. The summed E-state index contributed by atoms with van der Waals surface area (Å²) in [5.41, 5.74) is 2.13. The van der Waals surface area contributed by atoms with Crippen LogP contribution in [-0.2, 0) is 0 Å². The van der Waals surface area contributed by atoms with Crippen LogP contribution >= 0.6 is 0 Å². The Kier molecular flexibility index (Phi) is 3.33. The van der Waals surface area contributed by atoms with Gasteiger partial charge in [-0.25, -0.2) is 0 Å². The van der Waals surface area contributed by atoms with Crippen LogP contribution in [0.4, 0.5) is 5.69 Å². The van der Waals surface area contributed by atoms with Crippen LogP contribution < -0.4 is 0 Å². The van der Waals surface area contributed by atoms with Gasteiger partial charge in [-0.05, 0) is 37.6 Å². The maximum Gasteiger partial charge on any atom is 0.273 e.